The van der Waals surface area contributed by atoms with Crippen molar-refractivity contribution in [2.24, 2.45) is 0 Å². The molecule has 0 N–H and O–H groups in total. The Hall–Kier alpha value is -1.69. The van der Waals surface area contributed by atoms with Crippen molar-refractivity contribution in [2.45, 2.75) is 51.7 Å². The van der Waals surface area contributed by atoms with E-state index in [2.05, 4.69) is 27.1 Å². The molecular formula is C14H21N5O. The van der Waals surface area contributed by atoms with E-state index in [9.17, 15) is 0 Å². The lowest BCUT2D eigenvalue weighted by atomic mass is 10.00. The van der Waals surface area contributed by atoms with Crippen LogP contribution in [-0.4, -0.2) is 37.5 Å². The highest BCUT2D eigenvalue weighted by atomic mass is 16.4. The molecule has 0 saturated carbocycles. The molecule has 2 atom stereocenters. The Morgan fingerprint density at radius 3 is 3.00 bits per heavy atom. The van der Waals surface area contributed by atoms with Gasteiger partial charge in [0.25, 0.3) is 0 Å². The van der Waals surface area contributed by atoms with Crippen molar-refractivity contribution in [1.29, 1.82) is 0 Å². The maximum atomic E-state index is 5.60. The molecule has 3 rings (SSSR count). The first-order chi connectivity index (χ1) is 9.74. The molecule has 1 aliphatic heterocycles. The Morgan fingerprint density at radius 2 is 2.30 bits per heavy atom. The van der Waals surface area contributed by atoms with E-state index in [1.165, 1.54) is 19.3 Å². The molecule has 2 unspecified atom stereocenters. The largest absolute Gasteiger partial charge is 0.424 e. The van der Waals surface area contributed by atoms with Gasteiger partial charge >= 0.3 is 0 Å². The summed E-state index contributed by atoms with van der Waals surface area (Å²) in [4.78, 5) is 2.47. The van der Waals surface area contributed by atoms with Crippen molar-refractivity contribution < 1.29 is 4.42 Å². The normalized spacial score (nSPS) is 22.0. The fourth-order valence-electron chi connectivity index (χ4n) is 2.98. The third kappa shape index (κ3) is 2.75. The highest BCUT2D eigenvalue weighted by Gasteiger charge is 2.30. The number of piperidine rings is 1. The fourth-order valence-corrected chi connectivity index (χ4v) is 2.98. The van der Waals surface area contributed by atoms with Gasteiger partial charge in [-0.2, -0.15) is 5.10 Å². The van der Waals surface area contributed by atoms with Gasteiger partial charge in [0.05, 0.1) is 12.6 Å². The summed E-state index contributed by atoms with van der Waals surface area (Å²) in [5, 5.41) is 12.4. The molecule has 0 aromatic carbocycles. The molecule has 0 amide bonds. The van der Waals surface area contributed by atoms with Gasteiger partial charge in [-0.15, -0.1) is 10.2 Å². The van der Waals surface area contributed by atoms with Crippen LogP contribution in [0.15, 0.2) is 22.9 Å². The standard InChI is InChI=1S/C14H21N5O/c1-11(14-17-16-12(2)20-14)19-9-4-3-6-13(19)10-18-8-5-7-15-18/h5,7-8,11,13H,3-4,6,9-10H2,1-2H3. The third-order valence-electron chi connectivity index (χ3n) is 4.03. The second-order valence-corrected chi connectivity index (χ2v) is 5.45. The van der Waals surface area contributed by atoms with Crippen LogP contribution in [0.3, 0.4) is 0 Å². The minimum absolute atomic E-state index is 0.164. The summed E-state index contributed by atoms with van der Waals surface area (Å²) in [6, 6.07) is 2.61. The number of nitrogens with zero attached hydrogens (tertiary/aromatic N) is 5. The molecule has 0 spiro atoms. The molecule has 6 nitrogen and oxygen atoms in total. The van der Waals surface area contributed by atoms with Crippen molar-refractivity contribution in [2.75, 3.05) is 6.54 Å². The van der Waals surface area contributed by atoms with Gasteiger partial charge in [0.2, 0.25) is 11.8 Å². The highest BCUT2D eigenvalue weighted by Crippen LogP contribution is 2.28. The number of likely N-dealkylation sites (tertiary alicyclic amines) is 1. The molecule has 0 bridgehead atoms. The van der Waals surface area contributed by atoms with Crippen molar-refractivity contribution in [3.63, 3.8) is 0 Å². The smallest absolute Gasteiger partial charge is 0.233 e. The Kier molecular flexibility index (Phi) is 3.82. The first kappa shape index (κ1) is 13.3. The van der Waals surface area contributed by atoms with Crippen LogP contribution in [-0.2, 0) is 6.54 Å². The second-order valence-electron chi connectivity index (χ2n) is 5.45. The van der Waals surface area contributed by atoms with E-state index in [0.717, 1.165) is 19.0 Å². The van der Waals surface area contributed by atoms with E-state index in [1.54, 1.807) is 0 Å². The Labute approximate surface area is 118 Å². The monoisotopic (exact) mass is 275 g/mol. The van der Waals surface area contributed by atoms with E-state index >= 15 is 0 Å². The molecule has 1 aliphatic rings. The van der Waals surface area contributed by atoms with E-state index in [0.29, 0.717) is 11.9 Å². The van der Waals surface area contributed by atoms with E-state index in [-0.39, 0.29) is 6.04 Å². The van der Waals surface area contributed by atoms with E-state index < -0.39 is 0 Å². The number of aromatic nitrogens is 4. The minimum atomic E-state index is 0.164. The molecule has 1 fully saturated rings. The van der Waals surface area contributed by atoms with Crippen LogP contribution in [0.4, 0.5) is 0 Å². The van der Waals surface area contributed by atoms with Crippen LogP contribution < -0.4 is 0 Å². The average molecular weight is 275 g/mol. The topological polar surface area (TPSA) is 60.0 Å². The van der Waals surface area contributed by atoms with Crippen molar-refractivity contribution in [3.05, 3.63) is 30.2 Å². The third-order valence-corrected chi connectivity index (χ3v) is 4.03. The summed E-state index contributed by atoms with van der Waals surface area (Å²) in [5.41, 5.74) is 0. The van der Waals surface area contributed by atoms with Gasteiger partial charge in [0, 0.05) is 25.4 Å². The van der Waals surface area contributed by atoms with Gasteiger partial charge < -0.3 is 4.42 Å². The summed E-state index contributed by atoms with van der Waals surface area (Å²) in [6.45, 7) is 5.98. The predicted molar refractivity (Wildman–Crippen MR) is 74.0 cm³/mol. The number of hydrogen-bond donors (Lipinski definition) is 0. The molecule has 108 valence electrons. The van der Waals surface area contributed by atoms with Crippen LogP contribution in [0, 0.1) is 6.92 Å². The molecule has 2 aromatic heterocycles. The van der Waals surface area contributed by atoms with Gasteiger partial charge in [-0.05, 0) is 32.4 Å². The summed E-state index contributed by atoms with van der Waals surface area (Å²) >= 11 is 0. The molecule has 0 radical (unpaired) electrons. The lowest BCUT2D eigenvalue weighted by molar-refractivity contribution is 0.0748. The first-order valence-electron chi connectivity index (χ1n) is 7.27. The van der Waals surface area contributed by atoms with Gasteiger partial charge in [0.1, 0.15) is 0 Å². The zero-order valence-corrected chi connectivity index (χ0v) is 12.1. The zero-order valence-electron chi connectivity index (χ0n) is 12.1. The zero-order chi connectivity index (χ0) is 13.9. The second kappa shape index (κ2) is 5.75. The number of hydrogen-bond acceptors (Lipinski definition) is 5. The number of aryl methyl sites for hydroxylation is 1. The van der Waals surface area contributed by atoms with Crippen molar-refractivity contribution in [1.82, 2.24) is 24.9 Å². The molecule has 3 heterocycles. The van der Waals surface area contributed by atoms with Crippen LogP contribution in [0.2, 0.25) is 0 Å². The Balaban J connectivity index is 1.74. The molecule has 0 aliphatic carbocycles. The summed E-state index contributed by atoms with van der Waals surface area (Å²) in [7, 11) is 0. The lowest BCUT2D eigenvalue weighted by Gasteiger charge is -2.38. The SMILES string of the molecule is Cc1nnc(C(C)N2CCCCC2Cn2cccn2)o1. The molecular weight excluding hydrogens is 254 g/mol. The predicted octanol–water partition coefficient (Wildman–Crippen LogP) is 2.19. The summed E-state index contributed by atoms with van der Waals surface area (Å²) < 4.78 is 7.60. The summed E-state index contributed by atoms with van der Waals surface area (Å²) in [5.74, 6) is 1.35. The van der Waals surface area contributed by atoms with Crippen LogP contribution in [0.1, 0.15) is 44.0 Å². The maximum absolute atomic E-state index is 5.60. The Morgan fingerprint density at radius 1 is 1.40 bits per heavy atom. The highest BCUT2D eigenvalue weighted by molar-refractivity contribution is 4.92. The maximum Gasteiger partial charge on any atom is 0.233 e. The van der Waals surface area contributed by atoms with Crippen LogP contribution >= 0.6 is 0 Å². The van der Waals surface area contributed by atoms with Gasteiger partial charge in [0.15, 0.2) is 0 Å². The van der Waals surface area contributed by atoms with Crippen molar-refractivity contribution in [3.8, 4) is 0 Å². The first-order valence-corrected chi connectivity index (χ1v) is 7.27. The lowest BCUT2D eigenvalue weighted by Crippen LogP contribution is -2.43. The number of rotatable bonds is 4. The quantitative estimate of drug-likeness (QED) is 0.856. The van der Waals surface area contributed by atoms with Gasteiger partial charge in [-0.25, -0.2) is 0 Å². The average Bonchev–Trinajstić information content (AvgIpc) is 3.10. The minimum Gasteiger partial charge on any atom is -0.424 e. The van der Waals surface area contributed by atoms with Crippen LogP contribution in [0.25, 0.3) is 0 Å². The molecule has 2 aromatic rings. The molecule has 1 saturated heterocycles. The Bertz CT molecular complexity index is 536. The van der Waals surface area contributed by atoms with Gasteiger partial charge in [-0.3, -0.25) is 9.58 Å². The van der Waals surface area contributed by atoms with Crippen molar-refractivity contribution >= 4 is 0 Å². The summed E-state index contributed by atoms with van der Waals surface area (Å²) in [6.07, 6.45) is 7.55. The molecule has 20 heavy (non-hydrogen) atoms. The van der Waals surface area contributed by atoms with E-state index in [1.807, 2.05) is 30.1 Å². The van der Waals surface area contributed by atoms with Crippen LogP contribution in [0.5, 0.6) is 0 Å². The molecule has 6 heteroatoms. The van der Waals surface area contributed by atoms with Gasteiger partial charge in [-0.1, -0.05) is 6.42 Å². The fraction of sp³-hybridized carbons (Fsp3) is 0.643. The van der Waals surface area contributed by atoms with E-state index in [4.69, 9.17) is 4.42 Å².